The Hall–Kier alpha value is -4.67. The van der Waals surface area contributed by atoms with E-state index < -0.39 is 5.91 Å². The number of benzene rings is 3. The summed E-state index contributed by atoms with van der Waals surface area (Å²) in [4.78, 5) is 19.3. The molecule has 2 aliphatic heterocycles. The quantitative estimate of drug-likeness (QED) is 0.299. The van der Waals surface area contributed by atoms with Gasteiger partial charge in [0.2, 0.25) is 0 Å². The van der Waals surface area contributed by atoms with Crippen LogP contribution >= 0.6 is 0 Å². The molecule has 2 saturated heterocycles. The van der Waals surface area contributed by atoms with Gasteiger partial charge in [-0.3, -0.25) is 4.79 Å². The minimum atomic E-state index is -0.428. The molecule has 3 aromatic carbocycles. The first kappa shape index (κ1) is 24.4. The average Bonchev–Trinajstić information content (AvgIpc) is 3.40. The second kappa shape index (κ2) is 9.51. The molecule has 7 heteroatoms. The third-order valence-corrected chi connectivity index (χ3v) is 8.87. The molecule has 0 saturated carbocycles. The molecule has 40 heavy (non-hydrogen) atoms. The van der Waals surface area contributed by atoms with Crippen LogP contribution in [0.5, 0.6) is 0 Å². The lowest BCUT2D eigenvalue weighted by Crippen LogP contribution is -2.44. The molecule has 198 valence electrons. The van der Waals surface area contributed by atoms with Crippen LogP contribution in [-0.2, 0) is 0 Å². The topological polar surface area (TPSA) is 100.0 Å². The molecule has 1 amide bonds. The molecule has 2 unspecified atom stereocenters. The average molecular weight is 527 g/mol. The van der Waals surface area contributed by atoms with Crippen molar-refractivity contribution in [3.05, 3.63) is 90.3 Å². The molecule has 7 nitrogen and oxygen atoms in total. The summed E-state index contributed by atoms with van der Waals surface area (Å²) in [6.07, 6.45) is 6.36. The molecule has 2 fully saturated rings. The predicted octanol–water partition coefficient (Wildman–Crippen LogP) is 5.85. The Bertz CT molecular complexity index is 1800. The first-order chi connectivity index (χ1) is 19.5. The summed E-state index contributed by atoms with van der Waals surface area (Å²) >= 11 is 0. The summed E-state index contributed by atoms with van der Waals surface area (Å²) in [6, 6.07) is 27.8. The number of pyridine rings is 1. The maximum absolute atomic E-state index is 12.5. The number of hydrogen-bond acceptors (Lipinski definition) is 5. The van der Waals surface area contributed by atoms with E-state index in [0.717, 1.165) is 57.1 Å². The molecule has 4 heterocycles. The van der Waals surface area contributed by atoms with Crippen molar-refractivity contribution in [2.24, 2.45) is 5.73 Å². The third kappa shape index (κ3) is 3.92. The number of nitriles is 1. The Morgan fingerprint density at radius 1 is 1.00 bits per heavy atom. The number of nitrogens with two attached hydrogens (primary N) is 1. The summed E-state index contributed by atoms with van der Waals surface area (Å²) in [5, 5.41) is 15.2. The third-order valence-electron chi connectivity index (χ3n) is 8.87. The molecule has 2 bridgehead atoms. The lowest BCUT2D eigenvalue weighted by atomic mass is 9.97. The van der Waals surface area contributed by atoms with Crippen molar-refractivity contribution in [1.82, 2.24) is 14.5 Å². The van der Waals surface area contributed by atoms with Gasteiger partial charge in [0.05, 0.1) is 16.6 Å². The smallest absolute Gasteiger partial charge is 0.250 e. The Morgan fingerprint density at radius 3 is 2.50 bits per heavy atom. The number of carbonyl (C=O) groups is 1. The fraction of sp³-hybridized carbons (Fsp3) is 0.242. The van der Waals surface area contributed by atoms with Crippen LogP contribution in [0.1, 0.15) is 41.7 Å². The number of nitrogens with one attached hydrogen (secondary N) is 1. The van der Waals surface area contributed by atoms with Crippen LogP contribution in [0, 0.1) is 11.3 Å². The number of anilines is 1. The van der Waals surface area contributed by atoms with Crippen molar-refractivity contribution in [1.29, 1.82) is 5.26 Å². The van der Waals surface area contributed by atoms with Crippen molar-refractivity contribution in [3.8, 4) is 22.9 Å². The Balaban J connectivity index is 1.37. The minimum absolute atomic E-state index is 0.302. The highest BCUT2D eigenvalue weighted by atomic mass is 16.1. The first-order valence-electron chi connectivity index (χ1n) is 13.8. The van der Waals surface area contributed by atoms with Gasteiger partial charge in [-0.15, -0.1) is 0 Å². The van der Waals surface area contributed by atoms with Gasteiger partial charge in [-0.25, -0.2) is 4.98 Å². The number of rotatable bonds is 5. The van der Waals surface area contributed by atoms with Gasteiger partial charge >= 0.3 is 0 Å². The molecule has 0 spiro atoms. The first-order valence-corrected chi connectivity index (χ1v) is 13.8. The van der Waals surface area contributed by atoms with E-state index in [4.69, 9.17) is 5.73 Å². The molecule has 3 N–H and O–H groups in total. The van der Waals surface area contributed by atoms with Crippen molar-refractivity contribution in [2.75, 3.05) is 12.4 Å². The fourth-order valence-electron chi connectivity index (χ4n) is 6.91. The van der Waals surface area contributed by atoms with Gasteiger partial charge in [-0.05, 0) is 80.8 Å². The van der Waals surface area contributed by atoms with E-state index >= 15 is 0 Å². The number of fused-ring (bicyclic) bond motifs is 5. The van der Waals surface area contributed by atoms with Crippen molar-refractivity contribution in [3.63, 3.8) is 0 Å². The molecule has 0 radical (unpaired) electrons. The van der Waals surface area contributed by atoms with Crippen molar-refractivity contribution < 1.29 is 4.79 Å². The van der Waals surface area contributed by atoms with Crippen LogP contribution in [0.15, 0.2) is 79.0 Å². The zero-order valence-corrected chi connectivity index (χ0v) is 22.3. The molecule has 2 atom stereocenters. The van der Waals surface area contributed by atoms with E-state index in [1.54, 1.807) is 12.3 Å². The molecule has 7 rings (SSSR count). The SMILES string of the molecule is CN1C2CCC1CC(Nc1cc(-n3c4ccccc4c4c(-c5ccc(C#N)nc5)cccc43)ccc1C(N)=O)C2. The van der Waals surface area contributed by atoms with E-state index in [-0.39, 0.29) is 0 Å². The van der Waals surface area contributed by atoms with Gasteiger partial charge in [0, 0.05) is 52.0 Å². The number of nitrogens with zero attached hydrogens (tertiary/aromatic N) is 4. The van der Waals surface area contributed by atoms with E-state index in [1.165, 1.54) is 12.8 Å². The van der Waals surface area contributed by atoms with Crippen LogP contribution in [0.3, 0.4) is 0 Å². The standard InChI is InChI=1S/C33H30N6O/c1-38-23-11-12-24(38)16-22(15-23)37-29-17-25(13-14-27(29)33(35)40)39-30-7-3-2-5-28(30)32-26(6-4-8-31(32)39)20-9-10-21(18-34)36-19-20/h2-10,13-14,17,19,22-24,37H,11-12,15-16H2,1H3,(H2,35,40). The summed E-state index contributed by atoms with van der Waals surface area (Å²) in [6.45, 7) is 0. The van der Waals surface area contributed by atoms with Gasteiger partial charge in [-0.1, -0.05) is 30.3 Å². The molecular weight excluding hydrogens is 496 g/mol. The largest absolute Gasteiger partial charge is 0.381 e. The summed E-state index contributed by atoms with van der Waals surface area (Å²) in [7, 11) is 2.23. The summed E-state index contributed by atoms with van der Waals surface area (Å²) in [5.74, 6) is -0.428. The van der Waals surface area contributed by atoms with E-state index in [1.807, 2.05) is 24.3 Å². The predicted molar refractivity (Wildman–Crippen MR) is 158 cm³/mol. The summed E-state index contributed by atoms with van der Waals surface area (Å²) < 4.78 is 2.25. The molecular formula is C33H30N6O. The molecule has 0 aliphatic carbocycles. The van der Waals surface area contributed by atoms with Crippen molar-refractivity contribution >= 4 is 33.4 Å². The second-order valence-electron chi connectivity index (χ2n) is 11.1. The number of amides is 1. The summed E-state index contributed by atoms with van der Waals surface area (Å²) in [5.41, 5.74) is 12.6. The van der Waals surface area contributed by atoms with Crippen LogP contribution in [0.4, 0.5) is 5.69 Å². The number of aromatic nitrogens is 2. The number of para-hydroxylation sites is 1. The van der Waals surface area contributed by atoms with E-state index in [2.05, 4.69) is 75.3 Å². The molecule has 5 aromatic rings. The maximum Gasteiger partial charge on any atom is 0.250 e. The number of primary amides is 1. The van der Waals surface area contributed by atoms with Gasteiger partial charge in [-0.2, -0.15) is 5.26 Å². The van der Waals surface area contributed by atoms with Crippen LogP contribution < -0.4 is 11.1 Å². The van der Waals surface area contributed by atoms with Crippen LogP contribution in [0.2, 0.25) is 0 Å². The number of carbonyl (C=O) groups excluding carboxylic acids is 1. The Labute approximate surface area is 232 Å². The molecule has 2 aliphatic rings. The van der Waals surface area contributed by atoms with Gasteiger partial charge in [0.15, 0.2) is 0 Å². The maximum atomic E-state index is 12.5. The highest BCUT2D eigenvalue weighted by Gasteiger charge is 2.38. The minimum Gasteiger partial charge on any atom is -0.381 e. The van der Waals surface area contributed by atoms with E-state index in [9.17, 15) is 10.1 Å². The number of piperidine rings is 1. The highest BCUT2D eigenvalue weighted by molar-refractivity contribution is 6.15. The lowest BCUT2D eigenvalue weighted by Gasteiger charge is -2.37. The van der Waals surface area contributed by atoms with Gasteiger partial charge in [0.25, 0.3) is 5.91 Å². The van der Waals surface area contributed by atoms with Gasteiger partial charge in [0.1, 0.15) is 11.8 Å². The van der Waals surface area contributed by atoms with Crippen LogP contribution in [0.25, 0.3) is 38.6 Å². The van der Waals surface area contributed by atoms with Crippen molar-refractivity contribution in [2.45, 2.75) is 43.8 Å². The van der Waals surface area contributed by atoms with Gasteiger partial charge < -0.3 is 20.5 Å². The molecule has 2 aromatic heterocycles. The Kier molecular flexibility index (Phi) is 5.79. The Morgan fingerprint density at radius 2 is 1.77 bits per heavy atom. The monoisotopic (exact) mass is 526 g/mol. The highest BCUT2D eigenvalue weighted by Crippen LogP contribution is 2.40. The normalized spacial score (nSPS) is 20.6. The zero-order chi connectivity index (χ0) is 27.4. The van der Waals surface area contributed by atoms with Crippen LogP contribution in [-0.4, -0.2) is 45.5 Å². The lowest BCUT2D eigenvalue weighted by molar-refractivity contribution is 0.100. The second-order valence-corrected chi connectivity index (χ2v) is 11.1. The number of hydrogen-bond donors (Lipinski definition) is 2. The zero-order valence-electron chi connectivity index (χ0n) is 22.3. The van der Waals surface area contributed by atoms with E-state index in [0.29, 0.717) is 29.4 Å². The fourth-order valence-corrected chi connectivity index (χ4v) is 6.91.